The van der Waals surface area contributed by atoms with Crippen LogP contribution in [0, 0.1) is 5.92 Å². The van der Waals surface area contributed by atoms with Crippen molar-refractivity contribution >= 4 is 46.4 Å². The van der Waals surface area contributed by atoms with E-state index in [-0.39, 0.29) is 28.2 Å². The van der Waals surface area contributed by atoms with Gasteiger partial charge in [-0.2, -0.15) is 0 Å². The van der Waals surface area contributed by atoms with E-state index in [1.165, 1.54) is 26.4 Å². The number of nitrogens with one attached hydrogen (secondary N) is 2. The van der Waals surface area contributed by atoms with Crippen molar-refractivity contribution in [2.75, 3.05) is 24.9 Å². The summed E-state index contributed by atoms with van der Waals surface area (Å²) >= 11 is 12.1. The maximum atomic E-state index is 12.6. The van der Waals surface area contributed by atoms with Crippen molar-refractivity contribution in [2.24, 2.45) is 5.92 Å². The fourth-order valence-electron chi connectivity index (χ4n) is 2.28. The standard InChI is InChI=1S/C19H20Cl2N2O4/c1-10(2)18(24)23-15-6-5-12(9-16(15)26-3)22-19(25)13-7-11(20)8-14(21)17(13)27-4/h5-10H,1-4H3,(H,22,25)(H,23,24). The van der Waals surface area contributed by atoms with Gasteiger partial charge >= 0.3 is 0 Å². The third-order valence-electron chi connectivity index (χ3n) is 3.70. The van der Waals surface area contributed by atoms with E-state index in [0.29, 0.717) is 22.1 Å². The Hall–Kier alpha value is -2.44. The molecular weight excluding hydrogens is 391 g/mol. The van der Waals surface area contributed by atoms with Gasteiger partial charge in [0.05, 0.1) is 30.5 Å². The highest BCUT2D eigenvalue weighted by Crippen LogP contribution is 2.33. The third kappa shape index (κ3) is 5.05. The average Bonchev–Trinajstić information content (AvgIpc) is 2.62. The van der Waals surface area contributed by atoms with Crippen molar-refractivity contribution in [3.63, 3.8) is 0 Å². The van der Waals surface area contributed by atoms with Crippen LogP contribution in [0.2, 0.25) is 10.0 Å². The number of rotatable bonds is 6. The number of carbonyl (C=O) groups excluding carboxylic acids is 2. The van der Waals surface area contributed by atoms with Crippen LogP contribution in [0.3, 0.4) is 0 Å². The molecule has 2 aromatic carbocycles. The van der Waals surface area contributed by atoms with E-state index in [9.17, 15) is 9.59 Å². The molecule has 0 saturated carbocycles. The molecule has 0 aromatic heterocycles. The average molecular weight is 411 g/mol. The van der Waals surface area contributed by atoms with Gasteiger partial charge in [0.15, 0.2) is 0 Å². The van der Waals surface area contributed by atoms with Crippen molar-refractivity contribution in [1.82, 2.24) is 0 Å². The molecule has 0 aliphatic carbocycles. The van der Waals surface area contributed by atoms with E-state index in [0.717, 1.165) is 0 Å². The molecule has 0 fully saturated rings. The van der Waals surface area contributed by atoms with Crippen molar-refractivity contribution in [2.45, 2.75) is 13.8 Å². The molecule has 2 N–H and O–H groups in total. The van der Waals surface area contributed by atoms with Gasteiger partial charge in [0.25, 0.3) is 5.91 Å². The number of carbonyl (C=O) groups is 2. The molecule has 0 spiro atoms. The number of methoxy groups -OCH3 is 2. The minimum Gasteiger partial charge on any atom is -0.494 e. The number of ether oxygens (including phenoxy) is 2. The first kappa shape index (κ1) is 20.9. The Labute approximate surface area is 167 Å². The van der Waals surface area contributed by atoms with Gasteiger partial charge in [-0.3, -0.25) is 9.59 Å². The SMILES string of the molecule is COc1cc(NC(=O)c2cc(Cl)cc(Cl)c2OC)ccc1NC(=O)C(C)C. The summed E-state index contributed by atoms with van der Waals surface area (Å²) in [7, 11) is 2.90. The number of hydrogen-bond acceptors (Lipinski definition) is 4. The van der Waals surface area contributed by atoms with Crippen LogP contribution in [0.4, 0.5) is 11.4 Å². The second kappa shape index (κ2) is 8.97. The zero-order valence-electron chi connectivity index (χ0n) is 15.4. The molecule has 0 heterocycles. The van der Waals surface area contributed by atoms with E-state index in [1.807, 2.05) is 0 Å². The van der Waals surface area contributed by atoms with E-state index < -0.39 is 5.91 Å². The van der Waals surface area contributed by atoms with Crippen LogP contribution in [0.1, 0.15) is 24.2 Å². The monoisotopic (exact) mass is 410 g/mol. The predicted octanol–water partition coefficient (Wildman–Crippen LogP) is 4.86. The molecule has 0 radical (unpaired) electrons. The summed E-state index contributed by atoms with van der Waals surface area (Å²) in [6.07, 6.45) is 0. The lowest BCUT2D eigenvalue weighted by Crippen LogP contribution is -2.18. The zero-order valence-corrected chi connectivity index (χ0v) is 16.9. The maximum absolute atomic E-state index is 12.6. The lowest BCUT2D eigenvalue weighted by Gasteiger charge is -2.15. The van der Waals surface area contributed by atoms with Gasteiger partial charge in [-0.25, -0.2) is 0 Å². The van der Waals surface area contributed by atoms with Crippen molar-refractivity contribution in [1.29, 1.82) is 0 Å². The number of hydrogen-bond donors (Lipinski definition) is 2. The second-order valence-corrected chi connectivity index (χ2v) is 6.83. The predicted molar refractivity (Wildman–Crippen MR) is 107 cm³/mol. The van der Waals surface area contributed by atoms with E-state index in [2.05, 4.69) is 10.6 Å². The maximum Gasteiger partial charge on any atom is 0.259 e. The molecule has 0 aliphatic rings. The number of benzene rings is 2. The Morgan fingerprint density at radius 1 is 1.00 bits per heavy atom. The summed E-state index contributed by atoms with van der Waals surface area (Å²) in [6, 6.07) is 7.86. The van der Waals surface area contributed by atoms with Gasteiger partial charge in [-0.1, -0.05) is 37.0 Å². The molecule has 6 nitrogen and oxygen atoms in total. The van der Waals surface area contributed by atoms with Gasteiger partial charge < -0.3 is 20.1 Å². The second-order valence-electron chi connectivity index (χ2n) is 5.98. The summed E-state index contributed by atoms with van der Waals surface area (Å²) in [6.45, 7) is 3.58. The Kier molecular flexibility index (Phi) is 6.93. The summed E-state index contributed by atoms with van der Waals surface area (Å²) < 4.78 is 10.5. The van der Waals surface area contributed by atoms with Gasteiger partial charge in [0.1, 0.15) is 11.5 Å². The number of anilines is 2. The summed E-state index contributed by atoms with van der Waals surface area (Å²) in [5.41, 5.74) is 1.18. The summed E-state index contributed by atoms with van der Waals surface area (Å²) in [5.74, 6) is -0.112. The minimum atomic E-state index is -0.447. The fraction of sp³-hybridized carbons (Fsp3) is 0.263. The molecule has 0 aliphatic heterocycles. The molecule has 8 heteroatoms. The first-order chi connectivity index (χ1) is 12.8. The lowest BCUT2D eigenvalue weighted by atomic mass is 10.1. The van der Waals surface area contributed by atoms with E-state index in [1.54, 1.807) is 32.0 Å². The molecule has 2 rings (SSSR count). The molecular formula is C19H20Cl2N2O4. The molecule has 0 saturated heterocycles. The van der Waals surface area contributed by atoms with E-state index in [4.69, 9.17) is 32.7 Å². The first-order valence-corrected chi connectivity index (χ1v) is 8.85. The molecule has 144 valence electrons. The van der Waals surface area contributed by atoms with Crippen molar-refractivity contribution in [3.8, 4) is 11.5 Å². The Morgan fingerprint density at radius 3 is 2.30 bits per heavy atom. The Morgan fingerprint density at radius 2 is 1.70 bits per heavy atom. The van der Waals surface area contributed by atoms with Crippen LogP contribution in [0.25, 0.3) is 0 Å². The van der Waals surface area contributed by atoms with Gasteiger partial charge in [0, 0.05) is 22.7 Å². The molecule has 0 atom stereocenters. The van der Waals surface area contributed by atoms with Crippen molar-refractivity contribution in [3.05, 3.63) is 45.9 Å². The van der Waals surface area contributed by atoms with Gasteiger partial charge in [-0.15, -0.1) is 0 Å². The van der Waals surface area contributed by atoms with Crippen molar-refractivity contribution < 1.29 is 19.1 Å². The topological polar surface area (TPSA) is 76.7 Å². The van der Waals surface area contributed by atoms with Crippen LogP contribution in [0.5, 0.6) is 11.5 Å². The summed E-state index contributed by atoms with van der Waals surface area (Å²) in [4.78, 5) is 24.5. The Bertz CT molecular complexity index is 869. The van der Waals surface area contributed by atoms with Gasteiger partial charge in [0.2, 0.25) is 5.91 Å². The molecule has 0 unspecified atom stereocenters. The third-order valence-corrected chi connectivity index (χ3v) is 4.20. The van der Waals surface area contributed by atoms with Gasteiger partial charge in [-0.05, 0) is 24.3 Å². The van der Waals surface area contributed by atoms with Crippen LogP contribution in [0.15, 0.2) is 30.3 Å². The highest BCUT2D eigenvalue weighted by atomic mass is 35.5. The quantitative estimate of drug-likeness (QED) is 0.712. The van der Waals surface area contributed by atoms with Crippen LogP contribution < -0.4 is 20.1 Å². The zero-order chi connectivity index (χ0) is 20.1. The summed E-state index contributed by atoms with van der Waals surface area (Å²) in [5, 5.41) is 6.06. The van der Waals surface area contributed by atoms with Crippen LogP contribution in [-0.4, -0.2) is 26.0 Å². The number of halogens is 2. The van der Waals surface area contributed by atoms with Crippen LogP contribution in [-0.2, 0) is 4.79 Å². The number of amides is 2. The molecule has 2 amide bonds. The van der Waals surface area contributed by atoms with E-state index >= 15 is 0 Å². The fourth-order valence-corrected chi connectivity index (χ4v) is 2.85. The Balaban J connectivity index is 2.28. The normalized spacial score (nSPS) is 10.5. The largest absolute Gasteiger partial charge is 0.494 e. The van der Waals surface area contributed by atoms with Crippen LogP contribution >= 0.6 is 23.2 Å². The first-order valence-electron chi connectivity index (χ1n) is 8.10. The lowest BCUT2D eigenvalue weighted by molar-refractivity contribution is -0.118. The molecule has 0 bridgehead atoms. The highest BCUT2D eigenvalue weighted by molar-refractivity contribution is 6.36. The smallest absolute Gasteiger partial charge is 0.259 e. The minimum absolute atomic E-state index is 0.136. The molecule has 27 heavy (non-hydrogen) atoms. The molecule has 2 aromatic rings. The highest BCUT2D eigenvalue weighted by Gasteiger charge is 2.18.